The number of rotatable bonds is 5. The summed E-state index contributed by atoms with van der Waals surface area (Å²) in [5, 5.41) is 11.9. The van der Waals surface area contributed by atoms with Crippen molar-refractivity contribution in [2.75, 3.05) is 0 Å². The van der Waals surface area contributed by atoms with Gasteiger partial charge < -0.3 is 10.4 Å². The second kappa shape index (κ2) is 10.5. The third-order valence-electron chi connectivity index (χ3n) is 5.38. The molecule has 0 aliphatic carbocycles. The molecule has 1 atom stereocenters. The molecule has 2 amide bonds. The van der Waals surface area contributed by atoms with E-state index in [1.807, 2.05) is 24.3 Å². The first-order chi connectivity index (χ1) is 17.4. The number of aliphatic carboxylic acids is 1. The Kier molecular flexibility index (Phi) is 6.99. The molecule has 0 saturated heterocycles. The molecule has 0 aliphatic heterocycles. The molecule has 4 aromatic rings. The number of carboxylic acids is 1. The smallest absolute Gasteiger partial charge is 0.325 e. The average Bonchev–Trinajstić information content (AvgIpc) is 2.91. The normalized spacial score (nSPS) is 11.2. The van der Waals surface area contributed by atoms with Crippen LogP contribution in [0, 0.1) is 11.8 Å². The number of fused-ring (bicyclic) bond motifs is 1. The lowest BCUT2D eigenvalue weighted by molar-refractivity contribution is -0.138. The number of nitrogens with two attached hydrogens (primary N) is 1. The van der Waals surface area contributed by atoms with E-state index in [0.717, 1.165) is 11.1 Å². The number of nitrogens with one attached hydrogen (secondary N) is 2. The number of nitrogen functional groups attached to an aromatic ring is 1. The van der Waals surface area contributed by atoms with Crippen molar-refractivity contribution in [1.82, 2.24) is 20.7 Å². The molecule has 0 radical (unpaired) electrons. The number of carbonyl (C=O) groups is 3. The zero-order valence-corrected chi connectivity index (χ0v) is 19.1. The molecule has 2 aromatic carbocycles. The highest BCUT2D eigenvalue weighted by Gasteiger charge is 2.15. The maximum Gasteiger partial charge on any atom is 0.325 e. The Labute approximate surface area is 206 Å². The fraction of sp³-hybridized carbons (Fsp3) is 0.0741. The van der Waals surface area contributed by atoms with E-state index >= 15 is 0 Å². The minimum atomic E-state index is -1.10. The van der Waals surface area contributed by atoms with Crippen molar-refractivity contribution in [1.29, 1.82) is 0 Å². The summed E-state index contributed by atoms with van der Waals surface area (Å²) in [6, 6.07) is 16.4. The third kappa shape index (κ3) is 5.35. The van der Waals surface area contributed by atoms with Gasteiger partial charge in [-0.25, -0.2) is 10.8 Å². The number of pyridine rings is 2. The number of carboxylic acid groups (broad SMARTS) is 1. The van der Waals surface area contributed by atoms with Crippen molar-refractivity contribution in [3.05, 3.63) is 95.3 Å². The summed E-state index contributed by atoms with van der Waals surface area (Å²) in [4.78, 5) is 43.9. The van der Waals surface area contributed by atoms with Crippen molar-refractivity contribution in [3.63, 3.8) is 0 Å². The van der Waals surface area contributed by atoms with Crippen molar-refractivity contribution < 1.29 is 19.5 Å². The standard InChI is InChI=1S/C27H21N5O4/c1-16(27(35)36)30-25(33)20-10-6-18(7-11-20)3-2-17-4-8-19(9-5-17)24-14-21(26(34)32-28)22-15-29-13-12-23(22)31-24/h4-16H,28H2,1H3,(H,30,33)(H,32,34)(H,35,36). The number of benzene rings is 2. The summed E-state index contributed by atoms with van der Waals surface area (Å²) in [6.45, 7) is 1.40. The average molecular weight is 479 g/mol. The lowest BCUT2D eigenvalue weighted by atomic mass is 10.0. The van der Waals surface area contributed by atoms with Crippen molar-refractivity contribution in [2.45, 2.75) is 13.0 Å². The Bertz CT molecular complexity index is 1520. The molecule has 0 aliphatic rings. The molecule has 2 heterocycles. The van der Waals surface area contributed by atoms with Gasteiger partial charge in [-0.05, 0) is 55.5 Å². The van der Waals surface area contributed by atoms with Gasteiger partial charge in [0.15, 0.2) is 0 Å². The van der Waals surface area contributed by atoms with Crippen LogP contribution in [0.1, 0.15) is 38.8 Å². The van der Waals surface area contributed by atoms with Crippen LogP contribution in [0.3, 0.4) is 0 Å². The Morgan fingerprint density at radius 3 is 2.19 bits per heavy atom. The van der Waals surface area contributed by atoms with E-state index in [1.54, 1.807) is 48.8 Å². The molecule has 0 saturated carbocycles. The van der Waals surface area contributed by atoms with Gasteiger partial charge in [0, 0.05) is 40.0 Å². The molecule has 0 bridgehead atoms. The van der Waals surface area contributed by atoms with Crippen LogP contribution in [0.4, 0.5) is 0 Å². The topological polar surface area (TPSA) is 147 Å². The lowest BCUT2D eigenvalue weighted by Gasteiger charge is -2.09. The third-order valence-corrected chi connectivity index (χ3v) is 5.38. The fourth-order valence-electron chi connectivity index (χ4n) is 3.40. The highest BCUT2D eigenvalue weighted by Crippen LogP contribution is 2.24. The van der Waals surface area contributed by atoms with Gasteiger partial charge in [0.1, 0.15) is 6.04 Å². The van der Waals surface area contributed by atoms with Crippen molar-refractivity contribution in [2.24, 2.45) is 5.84 Å². The molecule has 36 heavy (non-hydrogen) atoms. The van der Waals surface area contributed by atoms with Crippen LogP contribution in [-0.4, -0.2) is 38.9 Å². The quantitative estimate of drug-likeness (QED) is 0.149. The first-order valence-corrected chi connectivity index (χ1v) is 10.9. The highest BCUT2D eigenvalue weighted by atomic mass is 16.4. The molecular weight excluding hydrogens is 458 g/mol. The van der Waals surface area contributed by atoms with Gasteiger partial charge in [0.05, 0.1) is 16.8 Å². The number of nitrogens with zero attached hydrogens (tertiary/aromatic N) is 2. The highest BCUT2D eigenvalue weighted by molar-refractivity contribution is 6.06. The van der Waals surface area contributed by atoms with E-state index in [0.29, 0.717) is 33.3 Å². The van der Waals surface area contributed by atoms with E-state index in [-0.39, 0.29) is 0 Å². The summed E-state index contributed by atoms with van der Waals surface area (Å²) in [5.74, 6) is 9.44. The molecule has 5 N–H and O–H groups in total. The summed E-state index contributed by atoms with van der Waals surface area (Å²) in [5.41, 5.74) is 6.38. The number of hydrogen-bond acceptors (Lipinski definition) is 6. The minimum Gasteiger partial charge on any atom is -0.480 e. The maximum absolute atomic E-state index is 12.3. The van der Waals surface area contributed by atoms with Gasteiger partial charge >= 0.3 is 5.97 Å². The molecule has 9 nitrogen and oxygen atoms in total. The summed E-state index contributed by atoms with van der Waals surface area (Å²) in [6.07, 6.45) is 3.18. The molecule has 0 fully saturated rings. The zero-order chi connectivity index (χ0) is 25.7. The van der Waals surface area contributed by atoms with E-state index < -0.39 is 23.8 Å². The van der Waals surface area contributed by atoms with Gasteiger partial charge in [0.25, 0.3) is 11.8 Å². The summed E-state index contributed by atoms with van der Waals surface area (Å²) in [7, 11) is 0. The monoisotopic (exact) mass is 479 g/mol. The number of carbonyl (C=O) groups excluding carboxylic acids is 2. The molecule has 2 aromatic heterocycles. The van der Waals surface area contributed by atoms with Gasteiger partial charge in [-0.2, -0.15) is 0 Å². The van der Waals surface area contributed by atoms with Crippen LogP contribution in [-0.2, 0) is 4.79 Å². The van der Waals surface area contributed by atoms with Gasteiger partial charge in [0.2, 0.25) is 0 Å². The van der Waals surface area contributed by atoms with Gasteiger partial charge in [-0.3, -0.25) is 24.8 Å². The van der Waals surface area contributed by atoms with Crippen LogP contribution in [0.25, 0.3) is 22.2 Å². The number of hydrazine groups is 1. The van der Waals surface area contributed by atoms with Crippen LogP contribution < -0.4 is 16.6 Å². The van der Waals surface area contributed by atoms with Gasteiger partial charge in [-0.1, -0.05) is 24.0 Å². The van der Waals surface area contributed by atoms with E-state index in [9.17, 15) is 14.4 Å². The van der Waals surface area contributed by atoms with Crippen molar-refractivity contribution >= 4 is 28.7 Å². The Balaban J connectivity index is 1.52. The van der Waals surface area contributed by atoms with Crippen molar-refractivity contribution in [3.8, 4) is 23.1 Å². The molecule has 9 heteroatoms. The maximum atomic E-state index is 12.3. The predicted molar refractivity (Wildman–Crippen MR) is 134 cm³/mol. The molecule has 178 valence electrons. The fourth-order valence-corrected chi connectivity index (χ4v) is 3.40. The molecule has 0 spiro atoms. The first-order valence-electron chi connectivity index (χ1n) is 10.9. The van der Waals surface area contributed by atoms with E-state index in [4.69, 9.17) is 10.9 Å². The number of hydrogen-bond donors (Lipinski definition) is 4. The minimum absolute atomic E-state index is 0.347. The molecular formula is C27H21N5O4. The largest absolute Gasteiger partial charge is 0.480 e. The zero-order valence-electron chi connectivity index (χ0n) is 19.1. The van der Waals surface area contributed by atoms with Crippen LogP contribution in [0.2, 0.25) is 0 Å². The Morgan fingerprint density at radius 2 is 1.58 bits per heavy atom. The Hall–Kier alpha value is -5.07. The first kappa shape index (κ1) is 24.1. The molecule has 4 rings (SSSR count). The van der Waals surface area contributed by atoms with Crippen LogP contribution >= 0.6 is 0 Å². The Morgan fingerprint density at radius 1 is 0.944 bits per heavy atom. The molecule has 1 unspecified atom stereocenters. The second-order valence-corrected chi connectivity index (χ2v) is 7.86. The summed E-state index contributed by atoms with van der Waals surface area (Å²) < 4.78 is 0. The number of aromatic nitrogens is 2. The van der Waals surface area contributed by atoms with E-state index in [1.165, 1.54) is 6.92 Å². The van der Waals surface area contributed by atoms with Crippen LogP contribution in [0.5, 0.6) is 0 Å². The van der Waals surface area contributed by atoms with E-state index in [2.05, 4.69) is 32.6 Å². The SMILES string of the molecule is CC(NC(=O)c1ccc(C#Cc2ccc(-c3cc(C(=O)NN)c4cnccc4n3)cc2)cc1)C(=O)O. The lowest BCUT2D eigenvalue weighted by Crippen LogP contribution is -2.38. The summed E-state index contributed by atoms with van der Waals surface area (Å²) >= 11 is 0. The second-order valence-electron chi connectivity index (χ2n) is 7.86. The number of amides is 2. The van der Waals surface area contributed by atoms with Gasteiger partial charge in [-0.15, -0.1) is 0 Å². The van der Waals surface area contributed by atoms with Crippen LogP contribution in [0.15, 0.2) is 73.1 Å². The predicted octanol–water partition coefficient (Wildman–Crippen LogP) is 2.50.